The van der Waals surface area contributed by atoms with Crippen molar-refractivity contribution in [2.24, 2.45) is 22.7 Å². The van der Waals surface area contributed by atoms with E-state index in [0.717, 1.165) is 12.8 Å². The van der Waals surface area contributed by atoms with Gasteiger partial charge >= 0.3 is 11.9 Å². The molecule has 3 atom stereocenters. The molecular weight excluding hydrogens is 308 g/mol. The molecule has 1 N–H and O–H groups in total. The molecule has 2 rings (SSSR count). The lowest BCUT2D eigenvalue weighted by molar-refractivity contribution is -0.297. The molecule has 0 spiro atoms. The summed E-state index contributed by atoms with van der Waals surface area (Å²) in [6, 6.07) is 0. The summed E-state index contributed by atoms with van der Waals surface area (Å²) in [6.45, 7) is 10.8. The molecule has 0 amide bonds. The van der Waals surface area contributed by atoms with Gasteiger partial charge in [0.2, 0.25) is 5.79 Å². The SMILES string of the molecule is CC(C)(C)C(O)(OC(=O)CC(=O)OC1CC2C=CC1C2)C(C)(C)C. The number of hydrogen-bond acceptors (Lipinski definition) is 5. The van der Waals surface area contributed by atoms with Crippen LogP contribution in [0.5, 0.6) is 0 Å². The predicted molar refractivity (Wildman–Crippen MR) is 89.8 cm³/mol. The number of aliphatic hydroxyl groups is 1. The summed E-state index contributed by atoms with van der Waals surface area (Å²) in [5, 5.41) is 10.9. The van der Waals surface area contributed by atoms with E-state index in [-0.39, 0.29) is 12.0 Å². The predicted octanol–water partition coefficient (Wildman–Crippen LogP) is 3.21. The Labute approximate surface area is 144 Å². The lowest BCUT2D eigenvalue weighted by atomic mass is 9.70. The van der Waals surface area contributed by atoms with E-state index in [2.05, 4.69) is 12.2 Å². The number of carbonyl (C=O) groups is 2. The first-order valence-electron chi connectivity index (χ1n) is 8.65. The number of allylic oxidation sites excluding steroid dienone is 1. The van der Waals surface area contributed by atoms with Gasteiger partial charge in [0.25, 0.3) is 0 Å². The highest BCUT2D eigenvalue weighted by Gasteiger charge is 2.53. The zero-order chi connectivity index (χ0) is 18.3. The normalized spacial score (nSPS) is 26.5. The fourth-order valence-corrected chi connectivity index (χ4v) is 3.83. The van der Waals surface area contributed by atoms with Crippen molar-refractivity contribution in [1.82, 2.24) is 0 Å². The topological polar surface area (TPSA) is 72.8 Å². The molecular formula is C19H30O5. The van der Waals surface area contributed by atoms with Crippen LogP contribution in [0.3, 0.4) is 0 Å². The van der Waals surface area contributed by atoms with Gasteiger partial charge in [-0.1, -0.05) is 53.7 Å². The van der Waals surface area contributed by atoms with E-state index in [1.807, 2.05) is 0 Å². The molecule has 136 valence electrons. The van der Waals surface area contributed by atoms with E-state index < -0.39 is 35.0 Å². The zero-order valence-electron chi connectivity index (χ0n) is 15.6. The summed E-state index contributed by atoms with van der Waals surface area (Å²) < 4.78 is 10.8. The molecule has 5 heteroatoms. The smallest absolute Gasteiger partial charge is 0.319 e. The molecule has 3 unspecified atom stereocenters. The largest absolute Gasteiger partial charge is 0.461 e. The van der Waals surface area contributed by atoms with Gasteiger partial charge in [-0.2, -0.15) is 0 Å². The Bertz CT molecular complexity index is 521. The molecule has 5 nitrogen and oxygen atoms in total. The van der Waals surface area contributed by atoms with Crippen molar-refractivity contribution < 1.29 is 24.2 Å². The maximum atomic E-state index is 12.2. The van der Waals surface area contributed by atoms with Crippen LogP contribution in [0, 0.1) is 22.7 Å². The van der Waals surface area contributed by atoms with E-state index in [1.54, 1.807) is 41.5 Å². The third-order valence-corrected chi connectivity index (χ3v) is 5.08. The standard InChI is InChI=1S/C19H30O5/c1-17(2,3)19(22,18(4,5)6)24-16(21)11-15(20)23-14-10-12-7-8-13(14)9-12/h7-8,12-14,22H,9-11H2,1-6H3. The second kappa shape index (κ2) is 6.17. The van der Waals surface area contributed by atoms with Gasteiger partial charge < -0.3 is 14.6 Å². The Kier molecular flexibility index (Phi) is 4.88. The summed E-state index contributed by atoms with van der Waals surface area (Å²) >= 11 is 0. The number of rotatable bonds is 4. The second-order valence-corrected chi connectivity index (χ2v) is 9.10. The second-order valence-electron chi connectivity index (χ2n) is 9.10. The van der Waals surface area contributed by atoms with Crippen molar-refractivity contribution >= 4 is 11.9 Å². The summed E-state index contributed by atoms with van der Waals surface area (Å²) in [6.07, 6.45) is 5.49. The number of esters is 2. The maximum Gasteiger partial charge on any atom is 0.319 e. The monoisotopic (exact) mass is 338 g/mol. The summed E-state index contributed by atoms with van der Waals surface area (Å²) in [5.41, 5.74) is -1.39. The molecule has 0 aliphatic heterocycles. The van der Waals surface area contributed by atoms with Crippen molar-refractivity contribution in [3.8, 4) is 0 Å². The number of ether oxygens (including phenoxy) is 2. The van der Waals surface area contributed by atoms with Crippen LogP contribution in [0.25, 0.3) is 0 Å². The lowest BCUT2D eigenvalue weighted by Gasteiger charge is -2.47. The number of hydrogen-bond donors (Lipinski definition) is 1. The quantitative estimate of drug-likeness (QED) is 0.369. The highest BCUT2D eigenvalue weighted by Crippen LogP contribution is 2.45. The molecule has 2 bridgehead atoms. The first-order chi connectivity index (χ1) is 10.8. The Morgan fingerprint density at radius 3 is 2.00 bits per heavy atom. The molecule has 0 heterocycles. The minimum Gasteiger partial charge on any atom is -0.461 e. The van der Waals surface area contributed by atoms with Crippen molar-refractivity contribution in [1.29, 1.82) is 0 Å². The molecule has 0 aromatic carbocycles. The molecule has 0 aromatic heterocycles. The van der Waals surface area contributed by atoms with Gasteiger partial charge in [-0.05, 0) is 18.8 Å². The first kappa shape index (κ1) is 19.0. The highest BCUT2D eigenvalue weighted by atomic mass is 16.7. The maximum absolute atomic E-state index is 12.2. The van der Waals surface area contributed by atoms with E-state index in [1.165, 1.54) is 0 Å². The van der Waals surface area contributed by atoms with Gasteiger partial charge in [-0.15, -0.1) is 0 Å². The van der Waals surface area contributed by atoms with Crippen molar-refractivity contribution in [3.63, 3.8) is 0 Å². The third kappa shape index (κ3) is 3.66. The Morgan fingerprint density at radius 1 is 1.00 bits per heavy atom. The van der Waals surface area contributed by atoms with Crippen LogP contribution in [0.15, 0.2) is 12.2 Å². The third-order valence-electron chi connectivity index (χ3n) is 5.08. The molecule has 1 fully saturated rings. The molecule has 1 saturated carbocycles. The minimum absolute atomic E-state index is 0.135. The molecule has 2 aliphatic rings. The fourth-order valence-electron chi connectivity index (χ4n) is 3.83. The van der Waals surface area contributed by atoms with Crippen LogP contribution in [-0.4, -0.2) is 28.9 Å². The Morgan fingerprint density at radius 2 is 1.58 bits per heavy atom. The molecule has 0 radical (unpaired) electrons. The summed E-state index contributed by atoms with van der Waals surface area (Å²) in [4.78, 5) is 24.2. The highest BCUT2D eigenvalue weighted by molar-refractivity contribution is 5.91. The molecule has 0 aromatic rings. The fraction of sp³-hybridized carbons (Fsp3) is 0.789. The van der Waals surface area contributed by atoms with E-state index in [9.17, 15) is 14.7 Å². The minimum atomic E-state index is -1.69. The first-order valence-corrected chi connectivity index (χ1v) is 8.65. The van der Waals surface area contributed by atoms with Gasteiger partial charge in [0.05, 0.1) is 0 Å². The molecule has 2 aliphatic carbocycles. The van der Waals surface area contributed by atoms with Gasteiger partial charge in [0, 0.05) is 16.7 Å². The van der Waals surface area contributed by atoms with Crippen LogP contribution in [0.1, 0.15) is 60.8 Å². The van der Waals surface area contributed by atoms with E-state index >= 15 is 0 Å². The summed E-state index contributed by atoms with van der Waals surface area (Å²) in [5.74, 6) is -2.27. The van der Waals surface area contributed by atoms with Crippen LogP contribution in [0.2, 0.25) is 0 Å². The van der Waals surface area contributed by atoms with Crippen LogP contribution in [0.4, 0.5) is 0 Å². The Balaban J connectivity index is 1.94. The van der Waals surface area contributed by atoms with Crippen LogP contribution < -0.4 is 0 Å². The number of fused-ring (bicyclic) bond motifs is 2. The average Bonchev–Trinajstić information content (AvgIpc) is 2.97. The number of carbonyl (C=O) groups excluding carboxylic acids is 2. The summed E-state index contributed by atoms with van der Waals surface area (Å²) in [7, 11) is 0. The molecule has 0 saturated heterocycles. The van der Waals surface area contributed by atoms with Crippen molar-refractivity contribution in [2.45, 2.75) is 72.7 Å². The van der Waals surface area contributed by atoms with E-state index in [4.69, 9.17) is 9.47 Å². The van der Waals surface area contributed by atoms with Gasteiger partial charge in [0.1, 0.15) is 12.5 Å². The van der Waals surface area contributed by atoms with Crippen molar-refractivity contribution in [2.75, 3.05) is 0 Å². The van der Waals surface area contributed by atoms with Crippen LogP contribution in [-0.2, 0) is 19.1 Å². The van der Waals surface area contributed by atoms with Gasteiger partial charge in [-0.25, -0.2) is 0 Å². The zero-order valence-corrected chi connectivity index (χ0v) is 15.6. The lowest BCUT2D eigenvalue weighted by Crippen LogP contribution is -2.56. The van der Waals surface area contributed by atoms with Gasteiger partial charge in [0.15, 0.2) is 0 Å². The molecule has 24 heavy (non-hydrogen) atoms. The van der Waals surface area contributed by atoms with Gasteiger partial charge in [-0.3, -0.25) is 9.59 Å². The Hall–Kier alpha value is -1.36. The average molecular weight is 338 g/mol. The van der Waals surface area contributed by atoms with Crippen molar-refractivity contribution in [3.05, 3.63) is 12.2 Å². The van der Waals surface area contributed by atoms with E-state index in [0.29, 0.717) is 5.92 Å². The van der Waals surface area contributed by atoms with Crippen LogP contribution >= 0.6 is 0 Å².